The number of nitrogens with zero attached hydrogens (tertiary/aromatic N) is 1. The normalized spacial score (nSPS) is 19.7. The second-order valence-electron chi connectivity index (χ2n) is 6.19. The van der Waals surface area contributed by atoms with Crippen LogP contribution in [-0.2, 0) is 12.8 Å². The van der Waals surface area contributed by atoms with E-state index in [4.69, 9.17) is 0 Å². The Hall–Kier alpha value is -2.55. The summed E-state index contributed by atoms with van der Waals surface area (Å²) in [5.74, 6) is 0.177. The molecule has 0 fully saturated rings. The number of H-pyrrole nitrogens is 1. The molecule has 3 aromatic rings. The van der Waals surface area contributed by atoms with Crippen molar-refractivity contribution < 1.29 is 4.79 Å². The number of aromatic nitrogens is 1. The van der Waals surface area contributed by atoms with Gasteiger partial charge in [0.05, 0.1) is 6.04 Å². The van der Waals surface area contributed by atoms with Crippen LogP contribution in [0.4, 0.5) is 0 Å². The molecule has 5 rings (SSSR count). The Kier molecular flexibility index (Phi) is 2.31. The van der Waals surface area contributed by atoms with Crippen molar-refractivity contribution in [3.05, 3.63) is 70.9 Å². The standard InChI is InChI=1S/C19H16N2O/c22-19-13-6-2-1-5-12(13)11-17-18-15(9-10-21(17)19)14-7-3-4-8-16(14)20-18/h1-8,17,20H,9-11H2/t17-/m1/s1. The first-order valence-electron chi connectivity index (χ1n) is 7.81. The summed E-state index contributed by atoms with van der Waals surface area (Å²) in [5, 5.41) is 1.31. The Morgan fingerprint density at radius 3 is 2.82 bits per heavy atom. The van der Waals surface area contributed by atoms with Gasteiger partial charge in [0.2, 0.25) is 0 Å². The maximum absolute atomic E-state index is 12.8. The van der Waals surface area contributed by atoms with E-state index in [1.807, 2.05) is 23.1 Å². The molecule has 108 valence electrons. The zero-order valence-corrected chi connectivity index (χ0v) is 12.2. The van der Waals surface area contributed by atoms with E-state index in [0.717, 1.165) is 24.9 Å². The molecule has 0 aliphatic carbocycles. The van der Waals surface area contributed by atoms with Crippen LogP contribution in [0.25, 0.3) is 10.9 Å². The minimum absolute atomic E-state index is 0.151. The van der Waals surface area contributed by atoms with Crippen LogP contribution < -0.4 is 0 Å². The molecule has 3 heteroatoms. The quantitative estimate of drug-likeness (QED) is 0.675. The molecule has 0 saturated heterocycles. The van der Waals surface area contributed by atoms with E-state index in [1.165, 1.54) is 27.7 Å². The Labute approximate surface area is 128 Å². The summed E-state index contributed by atoms with van der Waals surface area (Å²) in [6.07, 6.45) is 1.84. The van der Waals surface area contributed by atoms with Gasteiger partial charge in [-0.15, -0.1) is 0 Å². The number of amides is 1. The highest BCUT2D eigenvalue weighted by molar-refractivity contribution is 5.98. The molecule has 0 spiro atoms. The number of carbonyl (C=O) groups excluding carboxylic acids is 1. The molecule has 1 amide bonds. The van der Waals surface area contributed by atoms with Crippen molar-refractivity contribution in [3.63, 3.8) is 0 Å². The molecule has 2 aliphatic rings. The number of aromatic amines is 1. The van der Waals surface area contributed by atoms with E-state index < -0.39 is 0 Å². The first-order chi connectivity index (χ1) is 10.8. The average molecular weight is 288 g/mol. The van der Waals surface area contributed by atoms with E-state index >= 15 is 0 Å². The van der Waals surface area contributed by atoms with Gasteiger partial charge in [-0.05, 0) is 36.1 Å². The highest BCUT2D eigenvalue weighted by Crippen LogP contribution is 2.40. The van der Waals surface area contributed by atoms with Gasteiger partial charge in [0.15, 0.2) is 0 Å². The number of hydrogen-bond donors (Lipinski definition) is 1. The predicted octanol–water partition coefficient (Wildman–Crippen LogP) is 3.46. The highest BCUT2D eigenvalue weighted by Gasteiger charge is 2.38. The topological polar surface area (TPSA) is 36.1 Å². The van der Waals surface area contributed by atoms with Gasteiger partial charge in [-0.25, -0.2) is 0 Å². The van der Waals surface area contributed by atoms with Crippen molar-refractivity contribution in [2.75, 3.05) is 6.54 Å². The van der Waals surface area contributed by atoms with Crippen LogP contribution in [0.5, 0.6) is 0 Å². The third-order valence-corrected chi connectivity index (χ3v) is 5.08. The number of hydrogen-bond acceptors (Lipinski definition) is 1. The molecule has 3 nitrogen and oxygen atoms in total. The van der Waals surface area contributed by atoms with Gasteiger partial charge in [0, 0.05) is 28.7 Å². The van der Waals surface area contributed by atoms with Crippen molar-refractivity contribution >= 4 is 16.8 Å². The Morgan fingerprint density at radius 1 is 1.05 bits per heavy atom. The largest absolute Gasteiger partial charge is 0.356 e. The Bertz CT molecular complexity index is 909. The number of carbonyl (C=O) groups is 1. The summed E-state index contributed by atoms with van der Waals surface area (Å²) < 4.78 is 0. The fourth-order valence-corrected chi connectivity index (χ4v) is 4.04. The molecule has 2 aliphatic heterocycles. The fourth-order valence-electron chi connectivity index (χ4n) is 4.04. The van der Waals surface area contributed by atoms with Gasteiger partial charge in [0.25, 0.3) is 5.91 Å². The SMILES string of the molecule is O=C1c2ccccc2C[C@@H]2c3[nH]c4ccccc4c3CCN12. The zero-order valence-electron chi connectivity index (χ0n) is 12.2. The second kappa shape index (κ2) is 4.23. The molecule has 1 aromatic heterocycles. The van der Waals surface area contributed by atoms with Gasteiger partial charge in [0.1, 0.15) is 0 Å². The summed E-state index contributed by atoms with van der Waals surface area (Å²) in [5.41, 5.74) is 5.85. The number of fused-ring (bicyclic) bond motifs is 6. The van der Waals surface area contributed by atoms with Crippen molar-refractivity contribution in [1.29, 1.82) is 0 Å². The van der Waals surface area contributed by atoms with Crippen LogP contribution in [0.3, 0.4) is 0 Å². The van der Waals surface area contributed by atoms with Crippen LogP contribution in [0.2, 0.25) is 0 Å². The summed E-state index contributed by atoms with van der Waals surface area (Å²) in [4.78, 5) is 18.4. The maximum Gasteiger partial charge on any atom is 0.254 e. The van der Waals surface area contributed by atoms with Crippen molar-refractivity contribution in [1.82, 2.24) is 9.88 Å². The monoisotopic (exact) mass is 288 g/mol. The molecule has 22 heavy (non-hydrogen) atoms. The Morgan fingerprint density at radius 2 is 1.86 bits per heavy atom. The van der Waals surface area contributed by atoms with Crippen LogP contribution >= 0.6 is 0 Å². The second-order valence-corrected chi connectivity index (χ2v) is 6.19. The third-order valence-electron chi connectivity index (χ3n) is 5.08. The van der Waals surface area contributed by atoms with E-state index in [-0.39, 0.29) is 11.9 Å². The lowest BCUT2D eigenvalue weighted by Crippen LogP contribution is -2.44. The number of nitrogens with one attached hydrogen (secondary N) is 1. The van der Waals surface area contributed by atoms with Crippen molar-refractivity contribution in [2.45, 2.75) is 18.9 Å². The van der Waals surface area contributed by atoms with Crippen molar-refractivity contribution in [3.8, 4) is 0 Å². The molecule has 0 unspecified atom stereocenters. The van der Waals surface area contributed by atoms with Crippen molar-refractivity contribution in [2.24, 2.45) is 0 Å². The van der Waals surface area contributed by atoms with Crippen LogP contribution in [0.1, 0.15) is 33.2 Å². The molecule has 1 atom stereocenters. The predicted molar refractivity (Wildman–Crippen MR) is 85.9 cm³/mol. The van der Waals surface area contributed by atoms with Crippen LogP contribution in [0.15, 0.2) is 48.5 Å². The van der Waals surface area contributed by atoms with Gasteiger partial charge in [-0.2, -0.15) is 0 Å². The van der Waals surface area contributed by atoms with E-state index in [0.29, 0.717) is 0 Å². The maximum atomic E-state index is 12.8. The minimum atomic E-state index is 0.151. The lowest BCUT2D eigenvalue weighted by atomic mass is 9.87. The fraction of sp³-hybridized carbons (Fsp3) is 0.211. The smallest absolute Gasteiger partial charge is 0.254 e. The molecule has 2 aromatic carbocycles. The van der Waals surface area contributed by atoms with Gasteiger partial charge in [-0.1, -0.05) is 36.4 Å². The number of para-hydroxylation sites is 1. The van der Waals surface area contributed by atoms with E-state index in [9.17, 15) is 4.79 Å². The number of rotatable bonds is 0. The summed E-state index contributed by atoms with van der Waals surface area (Å²) >= 11 is 0. The molecule has 0 radical (unpaired) electrons. The Balaban J connectivity index is 1.71. The summed E-state index contributed by atoms with van der Waals surface area (Å²) in [6, 6.07) is 16.6. The lowest BCUT2D eigenvalue weighted by molar-refractivity contribution is 0.0628. The van der Waals surface area contributed by atoms with Gasteiger partial charge < -0.3 is 9.88 Å². The molecular weight excluding hydrogens is 272 g/mol. The highest BCUT2D eigenvalue weighted by atomic mass is 16.2. The first kappa shape index (κ1) is 12.0. The van der Waals surface area contributed by atoms with Gasteiger partial charge in [-0.3, -0.25) is 4.79 Å². The van der Waals surface area contributed by atoms with E-state index in [1.54, 1.807) is 0 Å². The molecule has 1 N–H and O–H groups in total. The molecule has 3 heterocycles. The molecule has 0 bridgehead atoms. The number of benzene rings is 2. The molecular formula is C19H16N2O. The summed E-state index contributed by atoms with van der Waals surface area (Å²) in [6.45, 7) is 0.812. The van der Waals surface area contributed by atoms with Crippen LogP contribution in [-0.4, -0.2) is 22.3 Å². The zero-order chi connectivity index (χ0) is 14.7. The minimum Gasteiger partial charge on any atom is -0.356 e. The lowest BCUT2D eigenvalue weighted by Gasteiger charge is -2.39. The van der Waals surface area contributed by atoms with E-state index in [2.05, 4.69) is 35.3 Å². The third kappa shape index (κ3) is 1.48. The van der Waals surface area contributed by atoms with Gasteiger partial charge >= 0.3 is 0 Å². The molecule has 0 saturated carbocycles. The summed E-state index contributed by atoms with van der Waals surface area (Å²) in [7, 11) is 0. The average Bonchev–Trinajstić information content (AvgIpc) is 2.94. The van der Waals surface area contributed by atoms with Crippen LogP contribution in [0, 0.1) is 0 Å². The first-order valence-corrected chi connectivity index (χ1v) is 7.81.